The van der Waals surface area contributed by atoms with Crippen LogP contribution in [0.5, 0.6) is 0 Å². The Labute approximate surface area is 161 Å². The zero-order valence-corrected chi connectivity index (χ0v) is 14.8. The number of nitro groups is 1. The normalized spacial score (nSPS) is 13.2. The second-order valence-electron chi connectivity index (χ2n) is 5.30. The molecule has 1 aliphatic rings. The highest BCUT2D eigenvalue weighted by Crippen LogP contribution is 2.38. The Morgan fingerprint density at radius 1 is 1.10 bits per heavy atom. The minimum atomic E-state index is -1.94. The number of allylic oxidation sites excluding steroid dienone is 2. The Morgan fingerprint density at radius 2 is 1.72 bits per heavy atom. The van der Waals surface area contributed by atoms with E-state index in [0.717, 1.165) is 26.5 Å². The zero-order valence-electron chi connectivity index (χ0n) is 14.8. The van der Waals surface area contributed by atoms with E-state index in [0.29, 0.717) is 11.0 Å². The number of ether oxygens (including phenoxy) is 2. The molecule has 29 heavy (non-hydrogen) atoms. The lowest BCUT2D eigenvalue weighted by atomic mass is 10.1. The molecule has 1 heterocycles. The second-order valence-corrected chi connectivity index (χ2v) is 5.30. The number of rotatable bonds is 5. The maximum absolute atomic E-state index is 14.8. The fourth-order valence-electron chi connectivity index (χ4n) is 2.46. The molecule has 0 fully saturated rings. The smallest absolute Gasteiger partial charge is 0.355 e. The van der Waals surface area contributed by atoms with Crippen molar-refractivity contribution in [3.63, 3.8) is 0 Å². The lowest BCUT2D eigenvalue weighted by molar-refractivity contribution is -0.384. The first-order valence-corrected chi connectivity index (χ1v) is 7.60. The molecule has 1 aromatic rings. The SMILES string of the molecule is COC(=O)C1=C(C(=O)OC)N(c2c([N+](=O)[O-])cc(C(=O)O)c(F)c2F)C=CC=C1. The molecule has 1 aliphatic heterocycles. The van der Waals surface area contributed by atoms with Gasteiger partial charge >= 0.3 is 17.9 Å². The standard InChI is InChI=1S/C17H12F2N2O8/c1-28-16(24)8-5-3-4-6-20(13(8)17(25)29-2)14-10(21(26)27)7-9(15(22)23)11(18)12(14)19/h3-7H,1-2H3,(H,22,23). The monoisotopic (exact) mass is 410 g/mol. The molecule has 0 aromatic heterocycles. The van der Waals surface area contributed by atoms with Crippen molar-refractivity contribution in [3.05, 3.63) is 69.1 Å². The van der Waals surface area contributed by atoms with Gasteiger partial charge in [0.1, 0.15) is 11.3 Å². The molecule has 0 amide bonds. The van der Waals surface area contributed by atoms with Gasteiger partial charge in [0.2, 0.25) is 0 Å². The van der Waals surface area contributed by atoms with Crippen LogP contribution >= 0.6 is 0 Å². The molecule has 0 atom stereocenters. The van der Waals surface area contributed by atoms with E-state index in [1.165, 1.54) is 12.2 Å². The average Bonchev–Trinajstić information content (AvgIpc) is 2.90. The van der Waals surface area contributed by atoms with E-state index in [4.69, 9.17) is 5.11 Å². The Hall–Kier alpha value is -4.09. The van der Waals surface area contributed by atoms with Crippen molar-refractivity contribution in [2.75, 3.05) is 19.1 Å². The van der Waals surface area contributed by atoms with Crippen molar-refractivity contribution >= 4 is 29.3 Å². The molecule has 0 unspecified atom stereocenters. The maximum atomic E-state index is 14.8. The van der Waals surface area contributed by atoms with Crippen LogP contribution in [0.3, 0.4) is 0 Å². The van der Waals surface area contributed by atoms with E-state index in [1.54, 1.807) is 0 Å². The van der Waals surface area contributed by atoms with Gasteiger partial charge in [-0.05, 0) is 12.2 Å². The highest BCUT2D eigenvalue weighted by atomic mass is 19.2. The van der Waals surface area contributed by atoms with E-state index < -0.39 is 62.7 Å². The molecule has 0 aliphatic carbocycles. The second kappa shape index (κ2) is 8.29. The molecule has 0 saturated heterocycles. The van der Waals surface area contributed by atoms with Crippen LogP contribution in [0, 0.1) is 21.7 Å². The van der Waals surface area contributed by atoms with Gasteiger partial charge in [0.25, 0.3) is 5.69 Å². The van der Waals surface area contributed by atoms with Crippen LogP contribution in [0.4, 0.5) is 20.2 Å². The number of methoxy groups -OCH3 is 2. The number of carboxylic acids is 1. The number of nitrogens with zero attached hydrogens (tertiary/aromatic N) is 2. The van der Waals surface area contributed by atoms with Crippen LogP contribution in [0.2, 0.25) is 0 Å². The number of hydrogen-bond donors (Lipinski definition) is 1. The maximum Gasteiger partial charge on any atom is 0.355 e. The summed E-state index contributed by atoms with van der Waals surface area (Å²) < 4.78 is 38.2. The Kier molecular flexibility index (Phi) is 6.06. The van der Waals surface area contributed by atoms with Gasteiger partial charge in [0, 0.05) is 12.3 Å². The minimum Gasteiger partial charge on any atom is -0.478 e. The summed E-state index contributed by atoms with van der Waals surface area (Å²) >= 11 is 0. The Bertz CT molecular complexity index is 1010. The van der Waals surface area contributed by atoms with Crippen LogP contribution in [0.15, 0.2) is 41.8 Å². The Balaban J connectivity index is 2.95. The molecule has 0 spiro atoms. The van der Waals surface area contributed by atoms with Crippen molar-refractivity contribution < 1.29 is 42.7 Å². The molecule has 1 N–H and O–H groups in total. The summed E-state index contributed by atoms with van der Waals surface area (Å²) in [4.78, 5) is 46.2. The summed E-state index contributed by atoms with van der Waals surface area (Å²) in [6.45, 7) is 0. The van der Waals surface area contributed by atoms with Crippen molar-refractivity contribution in [2.45, 2.75) is 0 Å². The summed E-state index contributed by atoms with van der Waals surface area (Å²) in [7, 11) is 1.92. The molecule has 0 saturated carbocycles. The summed E-state index contributed by atoms with van der Waals surface area (Å²) in [6, 6.07) is 0.301. The number of anilines is 1. The third kappa shape index (κ3) is 3.81. The first-order chi connectivity index (χ1) is 13.6. The number of aromatic carboxylic acids is 1. The van der Waals surface area contributed by atoms with E-state index in [-0.39, 0.29) is 0 Å². The van der Waals surface area contributed by atoms with Crippen LogP contribution in [-0.2, 0) is 19.1 Å². The highest BCUT2D eigenvalue weighted by molar-refractivity contribution is 6.06. The van der Waals surface area contributed by atoms with Crippen molar-refractivity contribution in [2.24, 2.45) is 0 Å². The largest absolute Gasteiger partial charge is 0.478 e. The van der Waals surface area contributed by atoms with E-state index in [1.807, 2.05) is 0 Å². The molecule has 10 nitrogen and oxygen atoms in total. The Morgan fingerprint density at radius 3 is 2.24 bits per heavy atom. The fourth-order valence-corrected chi connectivity index (χ4v) is 2.46. The van der Waals surface area contributed by atoms with Crippen molar-refractivity contribution in [1.82, 2.24) is 0 Å². The predicted octanol–water partition coefficient (Wildman–Crippen LogP) is 2.06. The fraction of sp³-hybridized carbons (Fsp3) is 0.118. The number of esters is 2. The summed E-state index contributed by atoms with van der Waals surface area (Å²) in [6.07, 6.45) is 4.44. The number of carbonyl (C=O) groups is 3. The average molecular weight is 410 g/mol. The lowest BCUT2D eigenvalue weighted by Gasteiger charge is -2.23. The zero-order chi connectivity index (χ0) is 21.9. The molecule has 2 rings (SSSR count). The van der Waals surface area contributed by atoms with Crippen molar-refractivity contribution in [1.29, 1.82) is 0 Å². The van der Waals surface area contributed by atoms with Gasteiger partial charge in [-0.3, -0.25) is 10.1 Å². The number of carboxylic acid groups (broad SMARTS) is 1. The topological polar surface area (TPSA) is 136 Å². The van der Waals surface area contributed by atoms with Gasteiger partial charge in [-0.1, -0.05) is 6.08 Å². The van der Waals surface area contributed by atoms with Gasteiger partial charge in [0.05, 0.1) is 24.7 Å². The highest BCUT2D eigenvalue weighted by Gasteiger charge is 2.36. The molecular formula is C17H12F2N2O8. The third-order valence-electron chi connectivity index (χ3n) is 3.72. The number of nitro benzene ring substituents is 1. The molecule has 0 bridgehead atoms. The summed E-state index contributed by atoms with van der Waals surface area (Å²) in [5.74, 6) is -8.05. The van der Waals surface area contributed by atoms with Crippen molar-refractivity contribution in [3.8, 4) is 0 Å². The van der Waals surface area contributed by atoms with Gasteiger partial charge in [-0.15, -0.1) is 0 Å². The van der Waals surface area contributed by atoms with Crippen LogP contribution < -0.4 is 4.90 Å². The van der Waals surface area contributed by atoms with Crippen LogP contribution in [0.25, 0.3) is 0 Å². The molecule has 1 aromatic carbocycles. The number of carbonyl (C=O) groups excluding carboxylic acids is 2. The van der Waals surface area contributed by atoms with E-state index in [2.05, 4.69) is 9.47 Å². The molecule has 152 valence electrons. The first kappa shape index (κ1) is 21.2. The first-order valence-electron chi connectivity index (χ1n) is 7.60. The minimum absolute atomic E-state index is 0.301. The lowest BCUT2D eigenvalue weighted by Crippen LogP contribution is -2.28. The van der Waals surface area contributed by atoms with Crippen LogP contribution in [0.1, 0.15) is 10.4 Å². The van der Waals surface area contributed by atoms with E-state index >= 15 is 0 Å². The third-order valence-corrected chi connectivity index (χ3v) is 3.72. The van der Waals surface area contributed by atoms with Gasteiger partial charge in [0.15, 0.2) is 17.3 Å². The summed E-state index contributed by atoms with van der Waals surface area (Å²) in [5.41, 5.74) is -4.75. The quantitative estimate of drug-likeness (QED) is 0.439. The number of halogens is 2. The van der Waals surface area contributed by atoms with Crippen LogP contribution in [-0.4, -0.2) is 42.2 Å². The molecular weight excluding hydrogens is 398 g/mol. The van der Waals surface area contributed by atoms with Gasteiger partial charge < -0.3 is 19.5 Å². The van der Waals surface area contributed by atoms with Gasteiger partial charge in [-0.2, -0.15) is 0 Å². The number of hydrogen-bond acceptors (Lipinski definition) is 8. The summed E-state index contributed by atoms with van der Waals surface area (Å²) in [5, 5.41) is 20.4. The molecule has 12 heteroatoms. The number of benzene rings is 1. The predicted molar refractivity (Wildman–Crippen MR) is 91.8 cm³/mol. The van der Waals surface area contributed by atoms with E-state index in [9.17, 15) is 33.3 Å². The molecule has 0 radical (unpaired) electrons. The van der Waals surface area contributed by atoms with Gasteiger partial charge in [-0.25, -0.2) is 23.2 Å².